The minimum Gasteiger partial charge on any atom is -0.492 e. The van der Waals surface area contributed by atoms with Crippen LogP contribution in [-0.2, 0) is 0 Å². The molecule has 1 aliphatic heterocycles. The lowest BCUT2D eigenvalue weighted by atomic mass is 10.2. The van der Waals surface area contributed by atoms with E-state index >= 15 is 0 Å². The lowest BCUT2D eigenvalue weighted by molar-refractivity contribution is 0.342. The monoisotopic (exact) mass is 284 g/mol. The zero-order valence-electron chi connectivity index (χ0n) is 12.4. The second-order valence-corrected chi connectivity index (χ2v) is 5.05. The van der Waals surface area contributed by atoms with Crippen LogP contribution in [0.5, 0.6) is 5.75 Å². The number of aromatic nitrogens is 1. The van der Waals surface area contributed by atoms with Crippen molar-refractivity contribution >= 4 is 16.8 Å². The molecule has 2 N–H and O–H groups in total. The quantitative estimate of drug-likeness (QED) is 0.444. The van der Waals surface area contributed by atoms with Crippen LogP contribution >= 0.6 is 0 Å². The maximum absolute atomic E-state index is 5.97. The van der Waals surface area contributed by atoms with Crippen LogP contribution in [0.3, 0.4) is 0 Å². The van der Waals surface area contributed by atoms with Crippen molar-refractivity contribution < 1.29 is 9.15 Å². The van der Waals surface area contributed by atoms with E-state index in [0.717, 1.165) is 22.3 Å². The van der Waals surface area contributed by atoms with E-state index in [-0.39, 0.29) is 0 Å². The maximum Gasteiger partial charge on any atom is 0.203 e. The fourth-order valence-corrected chi connectivity index (χ4v) is 2.22. The molecule has 0 atom stereocenters. The average Bonchev–Trinajstić information content (AvgIpc) is 2.45. The Bertz CT molecular complexity index is 848. The molecule has 0 saturated heterocycles. The topological polar surface area (TPSA) is 64.3 Å². The lowest BCUT2D eigenvalue weighted by Crippen LogP contribution is -2.21. The summed E-state index contributed by atoms with van der Waals surface area (Å²) in [4.78, 5) is 4.61. The molecule has 0 unspecified atom stereocenters. The summed E-state index contributed by atoms with van der Waals surface area (Å²) in [6.07, 6.45) is 0. The van der Waals surface area contributed by atoms with Gasteiger partial charge in [-0.3, -0.25) is 0 Å². The van der Waals surface area contributed by atoms with Crippen LogP contribution in [0.25, 0.3) is 22.6 Å². The van der Waals surface area contributed by atoms with Gasteiger partial charge in [-0.25, -0.2) is 9.56 Å². The zero-order chi connectivity index (χ0) is 15.0. The molecule has 0 aromatic heterocycles. The molecular formula is C16H18N3O2+. The molecule has 5 heteroatoms. The third-order valence-electron chi connectivity index (χ3n) is 3.31. The molecule has 21 heavy (non-hydrogen) atoms. The predicted octanol–water partition coefficient (Wildman–Crippen LogP) is 1.95. The highest BCUT2D eigenvalue weighted by atomic mass is 16.5. The SMILES string of the molecule is CCOc1cc2nc3ccc(=[N+](C)C)cc-3oc2cc1N. The summed E-state index contributed by atoms with van der Waals surface area (Å²) in [6, 6.07) is 9.50. The fraction of sp³-hybridized carbons (Fsp3) is 0.250. The number of hydrogen-bond donors (Lipinski definition) is 1. The van der Waals surface area contributed by atoms with Crippen molar-refractivity contribution in [3.05, 3.63) is 35.7 Å². The fourth-order valence-electron chi connectivity index (χ4n) is 2.22. The third-order valence-corrected chi connectivity index (χ3v) is 3.31. The molecule has 1 aromatic rings. The Morgan fingerprint density at radius 2 is 2.05 bits per heavy atom. The van der Waals surface area contributed by atoms with Crippen molar-refractivity contribution in [3.63, 3.8) is 0 Å². The summed E-state index contributed by atoms with van der Waals surface area (Å²) in [5.74, 6) is 1.37. The minimum atomic E-state index is 0.554. The third kappa shape index (κ3) is 2.42. The number of nitrogen functional groups attached to an aromatic ring is 1. The molecule has 3 rings (SSSR count). The van der Waals surface area contributed by atoms with E-state index in [1.54, 1.807) is 6.07 Å². The smallest absolute Gasteiger partial charge is 0.203 e. The first-order chi connectivity index (χ1) is 10.1. The molecule has 0 radical (unpaired) electrons. The van der Waals surface area contributed by atoms with Gasteiger partial charge in [0.1, 0.15) is 31.1 Å². The highest BCUT2D eigenvalue weighted by Crippen LogP contribution is 2.30. The summed E-state index contributed by atoms with van der Waals surface area (Å²) in [7, 11) is 3.98. The highest BCUT2D eigenvalue weighted by molar-refractivity contribution is 5.82. The van der Waals surface area contributed by atoms with Crippen molar-refractivity contribution in [3.8, 4) is 17.2 Å². The number of hydrogen-bond acceptors (Lipinski definition) is 4. The first-order valence-electron chi connectivity index (χ1n) is 6.85. The van der Waals surface area contributed by atoms with E-state index < -0.39 is 0 Å². The number of nitrogens with zero attached hydrogens (tertiary/aromatic N) is 2. The van der Waals surface area contributed by atoms with Gasteiger partial charge in [-0.2, -0.15) is 0 Å². The Morgan fingerprint density at radius 1 is 1.24 bits per heavy atom. The van der Waals surface area contributed by atoms with Crippen LogP contribution in [-0.4, -0.2) is 25.7 Å². The normalized spacial score (nSPS) is 11.0. The molecule has 0 spiro atoms. The van der Waals surface area contributed by atoms with Gasteiger partial charge < -0.3 is 14.9 Å². The molecule has 5 nitrogen and oxygen atoms in total. The van der Waals surface area contributed by atoms with Crippen molar-refractivity contribution in [1.82, 2.24) is 9.56 Å². The lowest BCUT2D eigenvalue weighted by Gasteiger charge is -2.10. The van der Waals surface area contributed by atoms with Gasteiger partial charge in [0.05, 0.1) is 18.4 Å². The number of rotatable bonds is 2. The summed E-state index contributed by atoms with van der Waals surface area (Å²) in [5, 5.41) is 1.06. The molecule has 1 aromatic carbocycles. The number of anilines is 1. The molecule has 0 bridgehead atoms. The van der Waals surface area contributed by atoms with Gasteiger partial charge >= 0.3 is 0 Å². The van der Waals surface area contributed by atoms with Crippen LogP contribution in [0.15, 0.2) is 34.7 Å². The summed E-state index contributed by atoms with van der Waals surface area (Å²) < 4.78 is 13.4. The van der Waals surface area contributed by atoms with Gasteiger partial charge in [-0.1, -0.05) is 0 Å². The molecule has 1 aliphatic carbocycles. The number of nitrogens with two attached hydrogens (primary N) is 1. The van der Waals surface area contributed by atoms with E-state index in [4.69, 9.17) is 14.9 Å². The van der Waals surface area contributed by atoms with Crippen LogP contribution in [0, 0.1) is 0 Å². The first kappa shape index (κ1) is 13.4. The molecule has 0 saturated carbocycles. The summed E-state index contributed by atoms with van der Waals surface area (Å²) >= 11 is 0. The summed E-state index contributed by atoms with van der Waals surface area (Å²) in [5.41, 5.74) is 8.72. The van der Waals surface area contributed by atoms with E-state index in [0.29, 0.717) is 23.6 Å². The van der Waals surface area contributed by atoms with Gasteiger partial charge in [0.2, 0.25) is 5.36 Å². The zero-order valence-corrected chi connectivity index (χ0v) is 12.4. The van der Waals surface area contributed by atoms with E-state index in [2.05, 4.69) is 4.98 Å². The number of benzene rings is 2. The average molecular weight is 284 g/mol. The minimum absolute atomic E-state index is 0.554. The Kier molecular flexibility index (Phi) is 3.25. The maximum atomic E-state index is 5.97. The van der Waals surface area contributed by atoms with Crippen molar-refractivity contribution in [2.75, 3.05) is 26.4 Å². The molecule has 0 fully saturated rings. The van der Waals surface area contributed by atoms with Gasteiger partial charge in [-0.05, 0) is 13.0 Å². The van der Waals surface area contributed by atoms with Crippen molar-refractivity contribution in [2.45, 2.75) is 6.92 Å². The summed E-state index contributed by atoms with van der Waals surface area (Å²) in [6.45, 7) is 2.48. The largest absolute Gasteiger partial charge is 0.492 e. The second kappa shape index (κ2) is 5.09. The molecular weight excluding hydrogens is 266 g/mol. The van der Waals surface area contributed by atoms with Crippen molar-refractivity contribution in [2.24, 2.45) is 0 Å². The van der Waals surface area contributed by atoms with E-state index in [9.17, 15) is 0 Å². The van der Waals surface area contributed by atoms with Crippen LogP contribution in [0.2, 0.25) is 0 Å². The van der Waals surface area contributed by atoms with Gasteiger partial charge in [0.25, 0.3) is 0 Å². The first-order valence-corrected chi connectivity index (χ1v) is 6.85. The van der Waals surface area contributed by atoms with Gasteiger partial charge in [0.15, 0.2) is 11.3 Å². The van der Waals surface area contributed by atoms with E-state index in [1.165, 1.54) is 0 Å². The molecule has 2 aliphatic rings. The van der Waals surface area contributed by atoms with Crippen LogP contribution < -0.4 is 20.4 Å². The Hall–Kier alpha value is -2.56. The standard InChI is InChI=1S/C16H17N3O2/c1-4-20-14-9-13-16(8-11(14)17)21-15-7-10(19(2)3)5-6-12(15)18-13/h5-9,17H,4H2,1-3H3/p+1. The number of fused-ring (bicyclic) bond motifs is 2. The van der Waals surface area contributed by atoms with Crippen molar-refractivity contribution in [1.29, 1.82) is 0 Å². The van der Waals surface area contributed by atoms with Crippen LogP contribution in [0.4, 0.5) is 5.69 Å². The van der Waals surface area contributed by atoms with E-state index in [1.807, 2.05) is 49.9 Å². The second-order valence-electron chi connectivity index (χ2n) is 5.05. The van der Waals surface area contributed by atoms with Crippen LogP contribution in [0.1, 0.15) is 6.92 Å². The molecule has 1 heterocycles. The number of ether oxygens (including phenoxy) is 1. The van der Waals surface area contributed by atoms with Gasteiger partial charge in [0, 0.05) is 18.2 Å². The molecule has 0 amide bonds. The Morgan fingerprint density at radius 3 is 2.76 bits per heavy atom. The van der Waals surface area contributed by atoms with Gasteiger partial charge in [-0.15, -0.1) is 0 Å². The predicted molar refractivity (Wildman–Crippen MR) is 83.3 cm³/mol. The highest BCUT2D eigenvalue weighted by Gasteiger charge is 2.12. The Balaban J connectivity index is 2.28. The molecule has 108 valence electrons. The Labute approximate surface area is 122 Å².